The van der Waals surface area contributed by atoms with Crippen LogP contribution >= 0.6 is 0 Å². The van der Waals surface area contributed by atoms with Crippen molar-refractivity contribution < 1.29 is 28.6 Å². The summed E-state index contributed by atoms with van der Waals surface area (Å²) in [6, 6.07) is 0. The molecular formula is C20H34O6. The van der Waals surface area contributed by atoms with Gasteiger partial charge in [0.2, 0.25) is 0 Å². The van der Waals surface area contributed by atoms with E-state index < -0.39 is 0 Å². The second-order valence-corrected chi connectivity index (χ2v) is 5.20. The summed E-state index contributed by atoms with van der Waals surface area (Å²) < 4.78 is 14.0. The van der Waals surface area contributed by atoms with Crippen molar-refractivity contribution in [3.8, 4) is 0 Å². The Labute approximate surface area is 157 Å². The van der Waals surface area contributed by atoms with Gasteiger partial charge in [0.05, 0.1) is 19.8 Å². The van der Waals surface area contributed by atoms with Gasteiger partial charge < -0.3 is 14.2 Å². The number of carbonyl (C=O) groups is 3. The molecule has 6 heteroatoms. The Morgan fingerprint density at radius 3 is 1.27 bits per heavy atom. The van der Waals surface area contributed by atoms with E-state index in [4.69, 9.17) is 9.47 Å². The number of hydrogen-bond acceptors (Lipinski definition) is 6. The molecule has 26 heavy (non-hydrogen) atoms. The highest BCUT2D eigenvalue weighted by Gasteiger charge is 2.00. The van der Waals surface area contributed by atoms with Gasteiger partial charge >= 0.3 is 17.9 Å². The number of hydrogen-bond donors (Lipinski definition) is 0. The normalized spacial score (nSPS) is 8.50. The van der Waals surface area contributed by atoms with Gasteiger partial charge in [-0.15, -0.1) is 0 Å². The molecule has 0 fully saturated rings. The fourth-order valence-corrected chi connectivity index (χ4v) is 0.897. The Morgan fingerprint density at radius 1 is 0.731 bits per heavy atom. The van der Waals surface area contributed by atoms with E-state index >= 15 is 0 Å². The number of carbonyl (C=O) groups excluding carboxylic acids is 3. The number of esters is 3. The average molecular weight is 370 g/mol. The van der Waals surface area contributed by atoms with Crippen molar-refractivity contribution in [3.63, 3.8) is 0 Å². The van der Waals surface area contributed by atoms with E-state index in [1.807, 2.05) is 20.8 Å². The summed E-state index contributed by atoms with van der Waals surface area (Å²) >= 11 is 0. The molecule has 0 aromatic heterocycles. The Balaban J connectivity index is -0.000000306. The van der Waals surface area contributed by atoms with Gasteiger partial charge in [0, 0.05) is 17.2 Å². The maximum Gasteiger partial charge on any atom is 0.333 e. The molecule has 0 aliphatic carbocycles. The van der Waals surface area contributed by atoms with E-state index in [9.17, 15) is 14.4 Å². The van der Waals surface area contributed by atoms with Crippen LogP contribution in [0.5, 0.6) is 0 Å². The lowest BCUT2D eigenvalue weighted by Gasteiger charge is -1.99. The van der Waals surface area contributed by atoms with Crippen molar-refractivity contribution in [2.75, 3.05) is 19.8 Å². The van der Waals surface area contributed by atoms with Crippen molar-refractivity contribution >= 4 is 17.9 Å². The average Bonchev–Trinajstić information content (AvgIpc) is 2.62. The lowest BCUT2D eigenvalue weighted by molar-refractivity contribution is -0.139. The zero-order valence-corrected chi connectivity index (χ0v) is 16.9. The Bertz CT molecular complexity index is 421. The van der Waals surface area contributed by atoms with Gasteiger partial charge in [-0.3, -0.25) is 0 Å². The van der Waals surface area contributed by atoms with Crippen molar-refractivity contribution in [2.24, 2.45) is 0 Å². The van der Waals surface area contributed by atoms with Crippen LogP contribution in [0.2, 0.25) is 0 Å². The number of rotatable bonds is 9. The van der Waals surface area contributed by atoms with Crippen LogP contribution in [0.15, 0.2) is 37.0 Å². The Morgan fingerprint density at radius 2 is 1.04 bits per heavy atom. The lowest BCUT2D eigenvalue weighted by Crippen LogP contribution is -2.04. The summed E-state index contributed by atoms with van der Waals surface area (Å²) in [5.74, 6) is -0.930. The van der Waals surface area contributed by atoms with Gasteiger partial charge in [-0.2, -0.15) is 0 Å². The molecule has 0 unspecified atom stereocenters. The first-order valence-corrected chi connectivity index (χ1v) is 8.62. The summed E-state index contributed by atoms with van der Waals surface area (Å²) in [5, 5.41) is 0. The smallest absolute Gasteiger partial charge is 0.333 e. The van der Waals surface area contributed by atoms with E-state index in [0.717, 1.165) is 25.3 Å². The summed E-state index contributed by atoms with van der Waals surface area (Å²) in [5.41, 5.74) is 0.923. The first-order valence-electron chi connectivity index (χ1n) is 8.62. The maximum atomic E-state index is 10.6. The van der Waals surface area contributed by atoms with Crippen LogP contribution in [-0.4, -0.2) is 37.7 Å². The summed E-state index contributed by atoms with van der Waals surface area (Å²) in [6.07, 6.45) is 3.74. The lowest BCUT2D eigenvalue weighted by atomic mass is 10.4. The summed E-state index contributed by atoms with van der Waals surface area (Å²) in [6.45, 7) is 20.7. The molecule has 0 atom stereocenters. The predicted molar refractivity (Wildman–Crippen MR) is 104 cm³/mol. The van der Waals surface area contributed by atoms with Gasteiger partial charge in [0.1, 0.15) is 0 Å². The van der Waals surface area contributed by atoms with Crippen molar-refractivity contribution in [3.05, 3.63) is 37.0 Å². The van der Waals surface area contributed by atoms with E-state index in [1.165, 1.54) is 0 Å². The molecule has 6 nitrogen and oxygen atoms in total. The standard InChI is InChI=1S/2C7H12O2.C6H10O2/c2*1-4-5-9-7(8)6(2)3;1-3-5-8-6(7)4-2/h2*2,4-5H2,1,3H3;4H,2-3,5H2,1H3. The minimum Gasteiger partial charge on any atom is -0.463 e. The third-order valence-corrected chi connectivity index (χ3v) is 2.19. The zero-order valence-electron chi connectivity index (χ0n) is 16.9. The Kier molecular flexibility index (Phi) is 22.6. The van der Waals surface area contributed by atoms with E-state index in [-0.39, 0.29) is 17.9 Å². The third kappa shape index (κ3) is 23.9. The van der Waals surface area contributed by atoms with E-state index in [1.54, 1.807) is 13.8 Å². The first kappa shape index (κ1) is 28.4. The molecule has 0 aromatic rings. The first-order chi connectivity index (χ1) is 12.2. The molecule has 0 radical (unpaired) electrons. The summed E-state index contributed by atoms with van der Waals surface area (Å²) in [7, 11) is 0. The molecule has 0 saturated carbocycles. The van der Waals surface area contributed by atoms with Crippen LogP contribution in [0.4, 0.5) is 0 Å². The van der Waals surface area contributed by atoms with Gasteiger partial charge in [-0.1, -0.05) is 40.5 Å². The zero-order chi connectivity index (χ0) is 21.0. The van der Waals surface area contributed by atoms with Crippen LogP contribution in [0.1, 0.15) is 53.9 Å². The van der Waals surface area contributed by atoms with Gasteiger partial charge in [-0.05, 0) is 33.1 Å². The largest absolute Gasteiger partial charge is 0.463 e. The molecule has 0 rings (SSSR count). The highest BCUT2D eigenvalue weighted by Crippen LogP contribution is 1.92. The minimum absolute atomic E-state index is 0.295. The molecule has 0 aliphatic heterocycles. The molecule has 0 bridgehead atoms. The fraction of sp³-hybridized carbons (Fsp3) is 0.550. The molecule has 0 N–H and O–H groups in total. The topological polar surface area (TPSA) is 78.9 Å². The second-order valence-electron chi connectivity index (χ2n) is 5.20. The fourth-order valence-electron chi connectivity index (χ4n) is 0.897. The Hall–Kier alpha value is -2.37. The van der Waals surface area contributed by atoms with Crippen LogP contribution in [0.25, 0.3) is 0 Å². The molecule has 0 spiro atoms. The van der Waals surface area contributed by atoms with E-state index in [2.05, 4.69) is 24.5 Å². The minimum atomic E-state index is -0.341. The highest BCUT2D eigenvalue weighted by molar-refractivity contribution is 5.87. The van der Waals surface area contributed by atoms with Crippen LogP contribution in [0.3, 0.4) is 0 Å². The highest BCUT2D eigenvalue weighted by atomic mass is 16.5. The van der Waals surface area contributed by atoms with Gasteiger partial charge in [-0.25, -0.2) is 14.4 Å². The van der Waals surface area contributed by atoms with E-state index in [0.29, 0.717) is 31.0 Å². The molecule has 0 aromatic carbocycles. The molecule has 0 aliphatic rings. The van der Waals surface area contributed by atoms with Crippen LogP contribution in [0, 0.1) is 0 Å². The SMILES string of the molecule is C=C(C)C(=O)OCCC.C=C(C)C(=O)OCCC.C=CC(=O)OCCC. The van der Waals surface area contributed by atoms with Crippen LogP contribution in [-0.2, 0) is 28.6 Å². The summed E-state index contributed by atoms with van der Waals surface area (Å²) in [4.78, 5) is 31.4. The molecule has 0 saturated heterocycles. The van der Waals surface area contributed by atoms with Gasteiger partial charge in [0.15, 0.2) is 0 Å². The molecule has 150 valence electrons. The molecule has 0 amide bonds. The predicted octanol–water partition coefficient (Wildman–Crippen LogP) is 4.16. The van der Waals surface area contributed by atoms with Crippen molar-refractivity contribution in [1.29, 1.82) is 0 Å². The van der Waals surface area contributed by atoms with Gasteiger partial charge in [0.25, 0.3) is 0 Å². The number of ether oxygens (including phenoxy) is 3. The maximum absolute atomic E-state index is 10.6. The van der Waals surface area contributed by atoms with Crippen molar-refractivity contribution in [2.45, 2.75) is 53.9 Å². The quantitative estimate of drug-likeness (QED) is 0.344. The third-order valence-electron chi connectivity index (χ3n) is 2.19. The van der Waals surface area contributed by atoms with Crippen molar-refractivity contribution in [1.82, 2.24) is 0 Å². The second kappa shape index (κ2) is 20.7. The molecular weight excluding hydrogens is 336 g/mol. The van der Waals surface area contributed by atoms with Crippen LogP contribution < -0.4 is 0 Å². The molecule has 0 heterocycles. The monoisotopic (exact) mass is 370 g/mol.